The summed E-state index contributed by atoms with van der Waals surface area (Å²) in [5.74, 6) is -0.215. The number of benzene rings is 2. The molecule has 2 unspecified atom stereocenters. The first-order valence-corrected chi connectivity index (χ1v) is 7.18. The molecule has 0 heterocycles. The molecule has 0 saturated carbocycles. The number of nitrogens with two attached hydrogens (primary N) is 1. The summed E-state index contributed by atoms with van der Waals surface area (Å²) < 4.78 is 0. The third-order valence-corrected chi connectivity index (χ3v) is 4.09. The van der Waals surface area contributed by atoms with Crippen LogP contribution in [0.1, 0.15) is 28.7 Å². The Morgan fingerprint density at radius 3 is 2.45 bits per heavy atom. The topological polar surface area (TPSA) is 46.2 Å². The monoisotopic (exact) mass is 309 g/mol. The van der Waals surface area contributed by atoms with Gasteiger partial charge in [0.2, 0.25) is 0 Å². The average Bonchev–Trinajstić information content (AvgIpc) is 2.42. The van der Waals surface area contributed by atoms with Crippen LogP contribution in [0, 0.1) is 6.92 Å². The standard InChI is InChI=1S/C16H17Cl2NO/c1-10-5-6-12(8-15(10)18)16(20)14(9-19)11-3-2-4-13(17)7-11/h2-8,14,16,20H,9,19H2,1H3. The van der Waals surface area contributed by atoms with Crippen LogP contribution in [0.3, 0.4) is 0 Å². The Morgan fingerprint density at radius 2 is 1.85 bits per heavy atom. The van der Waals surface area contributed by atoms with Gasteiger partial charge in [0, 0.05) is 22.5 Å². The molecular formula is C16H17Cl2NO. The Balaban J connectivity index is 2.33. The molecule has 0 spiro atoms. The first-order chi connectivity index (χ1) is 9.52. The number of hydrogen-bond acceptors (Lipinski definition) is 2. The van der Waals surface area contributed by atoms with Crippen molar-refractivity contribution in [1.29, 1.82) is 0 Å². The highest BCUT2D eigenvalue weighted by atomic mass is 35.5. The molecule has 4 heteroatoms. The van der Waals surface area contributed by atoms with Crippen LogP contribution in [0.4, 0.5) is 0 Å². The van der Waals surface area contributed by atoms with Gasteiger partial charge in [-0.05, 0) is 41.8 Å². The van der Waals surface area contributed by atoms with Crippen molar-refractivity contribution in [3.63, 3.8) is 0 Å². The molecular weight excluding hydrogens is 293 g/mol. The second-order valence-corrected chi connectivity index (χ2v) is 5.69. The van der Waals surface area contributed by atoms with Crippen molar-refractivity contribution in [1.82, 2.24) is 0 Å². The van der Waals surface area contributed by atoms with E-state index in [-0.39, 0.29) is 5.92 Å². The van der Waals surface area contributed by atoms with Crippen molar-refractivity contribution in [3.05, 3.63) is 69.2 Å². The second kappa shape index (κ2) is 6.59. The first kappa shape index (κ1) is 15.3. The van der Waals surface area contributed by atoms with Crippen LogP contribution in [0.25, 0.3) is 0 Å². The predicted molar refractivity (Wildman–Crippen MR) is 84.4 cm³/mol. The van der Waals surface area contributed by atoms with Crippen molar-refractivity contribution >= 4 is 23.2 Å². The van der Waals surface area contributed by atoms with Crippen LogP contribution >= 0.6 is 23.2 Å². The Bertz CT molecular complexity index is 601. The zero-order chi connectivity index (χ0) is 14.7. The summed E-state index contributed by atoms with van der Waals surface area (Å²) in [5.41, 5.74) is 8.49. The van der Waals surface area contributed by atoms with Gasteiger partial charge in [-0.1, -0.05) is 47.5 Å². The Morgan fingerprint density at radius 1 is 1.10 bits per heavy atom. The summed E-state index contributed by atoms with van der Waals surface area (Å²) in [5, 5.41) is 11.8. The number of halogens is 2. The summed E-state index contributed by atoms with van der Waals surface area (Å²) in [6, 6.07) is 13.0. The van der Waals surface area contributed by atoms with E-state index >= 15 is 0 Å². The smallest absolute Gasteiger partial charge is 0.0871 e. The number of aliphatic hydroxyl groups excluding tert-OH is 1. The molecule has 2 aromatic carbocycles. The Hall–Kier alpha value is -1.06. The molecule has 2 aromatic rings. The van der Waals surface area contributed by atoms with E-state index in [0.717, 1.165) is 16.7 Å². The van der Waals surface area contributed by atoms with Crippen molar-refractivity contribution in [2.75, 3.05) is 6.54 Å². The number of rotatable bonds is 4. The molecule has 0 aliphatic heterocycles. The fourth-order valence-corrected chi connectivity index (χ4v) is 2.60. The van der Waals surface area contributed by atoms with Crippen LogP contribution in [-0.4, -0.2) is 11.7 Å². The molecule has 106 valence electrons. The second-order valence-electron chi connectivity index (χ2n) is 4.85. The maximum Gasteiger partial charge on any atom is 0.0871 e. The maximum absolute atomic E-state index is 10.6. The van der Waals surface area contributed by atoms with Crippen LogP contribution in [0.5, 0.6) is 0 Å². The van der Waals surface area contributed by atoms with Gasteiger partial charge in [0.25, 0.3) is 0 Å². The molecule has 3 N–H and O–H groups in total. The third-order valence-electron chi connectivity index (χ3n) is 3.45. The molecule has 0 saturated heterocycles. The van der Waals surface area contributed by atoms with Gasteiger partial charge in [0.1, 0.15) is 0 Å². The predicted octanol–water partition coefficient (Wildman–Crippen LogP) is 4.08. The molecule has 0 bridgehead atoms. The van der Waals surface area contributed by atoms with Crippen molar-refractivity contribution in [2.24, 2.45) is 5.73 Å². The van der Waals surface area contributed by atoms with E-state index in [2.05, 4.69) is 0 Å². The van der Waals surface area contributed by atoms with E-state index in [4.69, 9.17) is 28.9 Å². The lowest BCUT2D eigenvalue weighted by atomic mass is 9.89. The first-order valence-electron chi connectivity index (χ1n) is 6.42. The van der Waals surface area contributed by atoms with Crippen molar-refractivity contribution < 1.29 is 5.11 Å². The van der Waals surface area contributed by atoms with E-state index in [0.29, 0.717) is 16.6 Å². The SMILES string of the molecule is Cc1ccc(C(O)C(CN)c2cccc(Cl)c2)cc1Cl. The molecule has 0 fully saturated rings. The van der Waals surface area contributed by atoms with E-state index in [1.165, 1.54) is 0 Å². The van der Waals surface area contributed by atoms with Gasteiger partial charge in [0.15, 0.2) is 0 Å². The largest absolute Gasteiger partial charge is 0.388 e. The van der Waals surface area contributed by atoms with Gasteiger partial charge in [-0.15, -0.1) is 0 Å². The highest BCUT2D eigenvalue weighted by Crippen LogP contribution is 2.33. The fraction of sp³-hybridized carbons (Fsp3) is 0.250. The van der Waals surface area contributed by atoms with E-state index in [1.54, 1.807) is 12.1 Å². The lowest BCUT2D eigenvalue weighted by Gasteiger charge is -2.23. The summed E-state index contributed by atoms with van der Waals surface area (Å²) in [4.78, 5) is 0. The van der Waals surface area contributed by atoms with Gasteiger partial charge < -0.3 is 10.8 Å². The van der Waals surface area contributed by atoms with Crippen molar-refractivity contribution in [2.45, 2.75) is 18.9 Å². The van der Waals surface area contributed by atoms with Crippen LogP contribution in [0.2, 0.25) is 10.0 Å². The van der Waals surface area contributed by atoms with Crippen LogP contribution in [-0.2, 0) is 0 Å². The zero-order valence-corrected chi connectivity index (χ0v) is 12.7. The molecule has 0 radical (unpaired) electrons. The minimum Gasteiger partial charge on any atom is -0.388 e. The highest BCUT2D eigenvalue weighted by molar-refractivity contribution is 6.31. The lowest BCUT2D eigenvalue weighted by molar-refractivity contribution is 0.147. The van der Waals surface area contributed by atoms with Crippen molar-refractivity contribution in [3.8, 4) is 0 Å². The van der Waals surface area contributed by atoms with E-state index < -0.39 is 6.10 Å². The number of hydrogen-bond donors (Lipinski definition) is 2. The van der Waals surface area contributed by atoms with E-state index in [1.807, 2.05) is 37.3 Å². The quantitative estimate of drug-likeness (QED) is 0.894. The molecule has 2 nitrogen and oxygen atoms in total. The van der Waals surface area contributed by atoms with E-state index in [9.17, 15) is 5.11 Å². The number of aryl methyl sites for hydroxylation is 1. The average molecular weight is 310 g/mol. The summed E-state index contributed by atoms with van der Waals surface area (Å²) >= 11 is 12.1. The van der Waals surface area contributed by atoms with Gasteiger partial charge in [-0.25, -0.2) is 0 Å². The van der Waals surface area contributed by atoms with Crippen LogP contribution in [0.15, 0.2) is 42.5 Å². The molecule has 2 rings (SSSR count). The highest BCUT2D eigenvalue weighted by Gasteiger charge is 2.22. The maximum atomic E-state index is 10.6. The molecule has 2 atom stereocenters. The lowest BCUT2D eigenvalue weighted by Crippen LogP contribution is -2.20. The fourth-order valence-electron chi connectivity index (χ4n) is 2.21. The van der Waals surface area contributed by atoms with Gasteiger partial charge in [-0.3, -0.25) is 0 Å². The zero-order valence-electron chi connectivity index (χ0n) is 11.2. The molecule has 0 aliphatic rings. The normalized spacial score (nSPS) is 14.1. The summed E-state index contributed by atoms with van der Waals surface area (Å²) in [7, 11) is 0. The summed E-state index contributed by atoms with van der Waals surface area (Å²) in [6.45, 7) is 2.25. The van der Waals surface area contributed by atoms with Gasteiger partial charge in [0.05, 0.1) is 6.10 Å². The Kier molecular flexibility index (Phi) is 5.06. The van der Waals surface area contributed by atoms with Gasteiger partial charge >= 0.3 is 0 Å². The van der Waals surface area contributed by atoms with Gasteiger partial charge in [-0.2, -0.15) is 0 Å². The summed E-state index contributed by atoms with van der Waals surface area (Å²) in [6.07, 6.45) is -0.712. The Labute approximate surface area is 129 Å². The third kappa shape index (κ3) is 3.33. The molecule has 0 aromatic heterocycles. The number of aliphatic hydroxyl groups is 1. The molecule has 0 aliphatic carbocycles. The molecule has 20 heavy (non-hydrogen) atoms. The van der Waals surface area contributed by atoms with Crippen LogP contribution < -0.4 is 5.73 Å². The molecule has 0 amide bonds. The minimum absolute atomic E-state index is 0.215. The minimum atomic E-state index is -0.712.